The molecule has 0 saturated carbocycles. The Morgan fingerprint density at radius 3 is 3.00 bits per heavy atom. The maximum atomic E-state index is 12.5. The van der Waals surface area contributed by atoms with E-state index < -0.39 is 16.9 Å². The predicted molar refractivity (Wildman–Crippen MR) is 84.3 cm³/mol. The van der Waals surface area contributed by atoms with Gasteiger partial charge in [0.2, 0.25) is 5.91 Å². The zero-order valence-electron chi connectivity index (χ0n) is 12.0. The molecule has 1 aliphatic heterocycles. The van der Waals surface area contributed by atoms with E-state index in [1.165, 1.54) is 23.5 Å². The van der Waals surface area contributed by atoms with E-state index in [0.29, 0.717) is 16.4 Å². The van der Waals surface area contributed by atoms with Crippen molar-refractivity contribution >= 4 is 33.8 Å². The van der Waals surface area contributed by atoms with Crippen LogP contribution >= 0.6 is 11.3 Å². The van der Waals surface area contributed by atoms with E-state index in [2.05, 4.69) is 15.5 Å². The molecular formula is C14H12N4O4S. The molecule has 2 aromatic rings. The Morgan fingerprint density at radius 2 is 2.30 bits per heavy atom. The average molecular weight is 332 g/mol. The number of nitrogens with zero attached hydrogens (tertiary/aromatic N) is 3. The second-order valence-electron chi connectivity index (χ2n) is 4.91. The normalized spacial score (nSPS) is 19.8. The molecule has 0 spiro atoms. The highest BCUT2D eigenvalue weighted by Gasteiger charge is 2.39. The molecule has 3 rings (SSSR count). The first-order valence-electron chi connectivity index (χ1n) is 6.71. The minimum atomic E-state index is -0.699. The van der Waals surface area contributed by atoms with Gasteiger partial charge in [0, 0.05) is 29.3 Å². The molecule has 1 aromatic heterocycles. The van der Waals surface area contributed by atoms with E-state index in [0.717, 1.165) is 0 Å². The molecule has 0 radical (unpaired) electrons. The second kappa shape index (κ2) is 6.13. The summed E-state index contributed by atoms with van der Waals surface area (Å²) in [4.78, 5) is 32.2. The first kappa shape index (κ1) is 15.1. The molecule has 2 heterocycles. The first-order chi connectivity index (χ1) is 11.1. The van der Waals surface area contributed by atoms with Crippen LogP contribution in [0, 0.1) is 16.0 Å². The Kier molecular flexibility index (Phi) is 4.02. The summed E-state index contributed by atoms with van der Waals surface area (Å²) >= 11 is 1.30. The van der Waals surface area contributed by atoms with Crippen LogP contribution in [0.15, 0.2) is 41.0 Å². The number of oxime groups is 1. The van der Waals surface area contributed by atoms with Crippen molar-refractivity contribution in [2.75, 3.05) is 5.32 Å². The Balaban J connectivity index is 1.85. The van der Waals surface area contributed by atoms with E-state index in [1.54, 1.807) is 30.6 Å². The molecular weight excluding hydrogens is 320 g/mol. The molecule has 0 fully saturated rings. The number of aromatic nitrogens is 1. The third kappa shape index (κ3) is 3.04. The number of carbonyl (C=O) groups is 1. The van der Waals surface area contributed by atoms with Crippen LogP contribution in [0.25, 0.3) is 0 Å². The Morgan fingerprint density at radius 1 is 1.48 bits per heavy atom. The third-order valence-corrected chi connectivity index (χ3v) is 4.11. The number of carbonyl (C=O) groups excluding carboxylic acids is 1. The molecule has 23 heavy (non-hydrogen) atoms. The topological polar surface area (TPSA) is 107 Å². The molecule has 2 unspecified atom stereocenters. The number of nitro benzene ring substituents is 1. The number of hydrogen-bond acceptors (Lipinski definition) is 7. The summed E-state index contributed by atoms with van der Waals surface area (Å²) in [7, 11) is 0. The number of benzene rings is 1. The quantitative estimate of drug-likeness (QED) is 0.684. The highest BCUT2D eigenvalue weighted by molar-refractivity contribution is 7.13. The lowest BCUT2D eigenvalue weighted by atomic mass is 9.92. The minimum Gasteiger partial charge on any atom is -0.386 e. The van der Waals surface area contributed by atoms with Gasteiger partial charge in [0.25, 0.3) is 5.69 Å². The predicted octanol–water partition coefficient (Wildman–Crippen LogP) is 2.75. The summed E-state index contributed by atoms with van der Waals surface area (Å²) in [6.45, 7) is 1.68. The number of hydrogen-bond donors (Lipinski definition) is 1. The Hall–Kier alpha value is -2.81. The third-order valence-electron chi connectivity index (χ3n) is 3.42. The van der Waals surface area contributed by atoms with Crippen molar-refractivity contribution in [3.8, 4) is 0 Å². The van der Waals surface area contributed by atoms with Gasteiger partial charge in [-0.25, -0.2) is 4.98 Å². The summed E-state index contributed by atoms with van der Waals surface area (Å²) < 4.78 is 0. The average Bonchev–Trinajstić information content (AvgIpc) is 3.16. The smallest absolute Gasteiger partial charge is 0.269 e. The summed E-state index contributed by atoms with van der Waals surface area (Å²) in [6, 6.07) is 6.01. The largest absolute Gasteiger partial charge is 0.386 e. The molecule has 0 aliphatic carbocycles. The zero-order chi connectivity index (χ0) is 16.4. The van der Waals surface area contributed by atoms with Gasteiger partial charge >= 0.3 is 0 Å². The Bertz CT molecular complexity index is 775. The van der Waals surface area contributed by atoms with Crippen LogP contribution in [0.4, 0.5) is 10.8 Å². The van der Waals surface area contributed by atoms with Gasteiger partial charge in [-0.15, -0.1) is 11.3 Å². The van der Waals surface area contributed by atoms with E-state index in [1.807, 2.05) is 0 Å². The van der Waals surface area contributed by atoms with Gasteiger partial charge in [0.1, 0.15) is 5.92 Å². The summed E-state index contributed by atoms with van der Waals surface area (Å²) in [5, 5.41) is 19.7. The molecule has 2 atom stereocenters. The lowest BCUT2D eigenvalue weighted by molar-refractivity contribution is -0.385. The van der Waals surface area contributed by atoms with E-state index in [9.17, 15) is 14.9 Å². The summed E-state index contributed by atoms with van der Waals surface area (Å²) in [6.07, 6.45) is 0.889. The number of rotatable bonds is 4. The van der Waals surface area contributed by atoms with E-state index in [4.69, 9.17) is 4.84 Å². The first-order valence-corrected chi connectivity index (χ1v) is 7.59. The fourth-order valence-electron chi connectivity index (χ4n) is 2.34. The van der Waals surface area contributed by atoms with Crippen LogP contribution in [-0.2, 0) is 9.63 Å². The number of nitro groups is 1. The molecule has 1 aromatic carbocycles. The summed E-state index contributed by atoms with van der Waals surface area (Å²) in [5.74, 6) is -0.976. The number of amides is 1. The number of thiazole rings is 1. The molecule has 118 valence electrons. The van der Waals surface area contributed by atoms with E-state index >= 15 is 0 Å². The summed E-state index contributed by atoms with van der Waals surface area (Å²) in [5.41, 5.74) is 0.976. The SMILES string of the molecule is CC1=NOC(c2cccc([N+](=O)[O-])c2)C1C(=O)Nc1nccs1. The monoisotopic (exact) mass is 332 g/mol. The van der Waals surface area contributed by atoms with Gasteiger partial charge < -0.3 is 10.2 Å². The van der Waals surface area contributed by atoms with Crippen LogP contribution in [0.1, 0.15) is 18.6 Å². The standard InChI is InChI=1S/C14H12N4O4S/c1-8-11(13(19)16-14-15-5-6-23-14)12(22-17-8)9-3-2-4-10(7-9)18(20)21/h2-7,11-12H,1H3,(H,15,16,19). The van der Waals surface area contributed by atoms with Gasteiger partial charge in [-0.1, -0.05) is 17.3 Å². The van der Waals surface area contributed by atoms with Crippen LogP contribution in [-0.4, -0.2) is 21.5 Å². The van der Waals surface area contributed by atoms with Crippen molar-refractivity contribution in [3.05, 3.63) is 51.5 Å². The molecule has 8 nitrogen and oxygen atoms in total. The maximum absolute atomic E-state index is 12.5. The number of anilines is 1. The Labute approximate surface area is 134 Å². The van der Waals surface area contributed by atoms with Crippen molar-refractivity contribution in [2.24, 2.45) is 11.1 Å². The maximum Gasteiger partial charge on any atom is 0.269 e. The fraction of sp³-hybridized carbons (Fsp3) is 0.214. The molecule has 1 aliphatic rings. The van der Waals surface area contributed by atoms with Gasteiger partial charge in [-0.05, 0) is 6.92 Å². The second-order valence-corrected chi connectivity index (χ2v) is 5.81. The van der Waals surface area contributed by atoms with Crippen LogP contribution in [0.2, 0.25) is 0 Å². The van der Waals surface area contributed by atoms with Crippen molar-refractivity contribution in [1.29, 1.82) is 0 Å². The fourth-order valence-corrected chi connectivity index (χ4v) is 2.87. The molecule has 0 bridgehead atoms. The molecule has 0 saturated heterocycles. The zero-order valence-corrected chi connectivity index (χ0v) is 12.8. The van der Waals surface area contributed by atoms with Crippen molar-refractivity contribution in [2.45, 2.75) is 13.0 Å². The van der Waals surface area contributed by atoms with Gasteiger partial charge in [-0.2, -0.15) is 0 Å². The highest BCUT2D eigenvalue weighted by Crippen LogP contribution is 2.35. The van der Waals surface area contributed by atoms with Crippen LogP contribution in [0.3, 0.4) is 0 Å². The van der Waals surface area contributed by atoms with Crippen molar-refractivity contribution in [3.63, 3.8) is 0 Å². The number of non-ortho nitro benzene ring substituents is 1. The van der Waals surface area contributed by atoms with Crippen LogP contribution in [0.5, 0.6) is 0 Å². The van der Waals surface area contributed by atoms with Gasteiger partial charge in [0.15, 0.2) is 11.2 Å². The molecule has 1 amide bonds. The van der Waals surface area contributed by atoms with Crippen molar-refractivity contribution < 1.29 is 14.6 Å². The van der Waals surface area contributed by atoms with Crippen LogP contribution < -0.4 is 5.32 Å². The minimum absolute atomic E-state index is 0.0604. The number of nitrogens with one attached hydrogen (secondary N) is 1. The van der Waals surface area contributed by atoms with Crippen molar-refractivity contribution in [1.82, 2.24) is 4.98 Å². The van der Waals surface area contributed by atoms with E-state index in [-0.39, 0.29) is 11.6 Å². The highest BCUT2D eigenvalue weighted by atomic mass is 32.1. The lowest BCUT2D eigenvalue weighted by Gasteiger charge is -2.17. The molecule has 9 heteroatoms. The van der Waals surface area contributed by atoms with Gasteiger partial charge in [0.05, 0.1) is 10.6 Å². The van der Waals surface area contributed by atoms with Gasteiger partial charge in [-0.3, -0.25) is 14.9 Å². The molecule has 1 N–H and O–H groups in total. The lowest BCUT2D eigenvalue weighted by Crippen LogP contribution is -2.30.